The molecule has 56 valence electrons. The highest BCUT2D eigenvalue weighted by atomic mass is 35.5. The van der Waals surface area contributed by atoms with Gasteiger partial charge < -0.3 is 5.73 Å². The minimum absolute atomic E-state index is 0.584. The molecule has 0 aliphatic rings. The fourth-order valence-corrected chi connectivity index (χ4v) is 1.35. The predicted molar refractivity (Wildman–Crippen MR) is 47.3 cm³/mol. The molecule has 11 heavy (non-hydrogen) atoms. The molecule has 0 saturated carbocycles. The maximum absolute atomic E-state index is 8.35. The number of nitrogen functional groups attached to an aromatic ring is 1. The second kappa shape index (κ2) is 3.51. The van der Waals surface area contributed by atoms with Crippen LogP contribution in [0.2, 0.25) is 5.02 Å². The average Bonchev–Trinajstić information content (AvgIpc) is 1.98. The molecule has 2 nitrogen and oxygen atoms in total. The number of thioether (sulfide) groups is 1. The van der Waals surface area contributed by atoms with Gasteiger partial charge in [0.2, 0.25) is 0 Å². The van der Waals surface area contributed by atoms with E-state index in [4.69, 9.17) is 22.6 Å². The molecule has 0 unspecified atom stereocenters. The first-order valence-corrected chi connectivity index (χ1v) is 4.04. The first-order chi connectivity index (χ1) is 5.24. The zero-order valence-corrected chi connectivity index (χ0v) is 7.12. The SMILES string of the molecule is N#CSc1cc(Cl)ccc1N. The number of hydrogen-bond donors (Lipinski definition) is 1. The van der Waals surface area contributed by atoms with Gasteiger partial charge in [-0.05, 0) is 30.0 Å². The number of rotatable bonds is 1. The van der Waals surface area contributed by atoms with Crippen LogP contribution in [-0.2, 0) is 0 Å². The molecule has 0 atom stereocenters. The zero-order valence-electron chi connectivity index (χ0n) is 5.54. The van der Waals surface area contributed by atoms with Crippen LogP contribution in [0.4, 0.5) is 5.69 Å². The van der Waals surface area contributed by atoms with Crippen LogP contribution in [0.1, 0.15) is 0 Å². The van der Waals surface area contributed by atoms with Crippen LogP contribution in [0.3, 0.4) is 0 Å². The van der Waals surface area contributed by atoms with Crippen LogP contribution in [0.25, 0.3) is 0 Å². The quantitative estimate of drug-likeness (QED) is 0.415. The summed E-state index contributed by atoms with van der Waals surface area (Å²) in [5, 5.41) is 10.9. The summed E-state index contributed by atoms with van der Waals surface area (Å²) < 4.78 is 0. The molecule has 0 aliphatic carbocycles. The normalized spacial score (nSPS) is 9.09. The smallest absolute Gasteiger partial charge is 0.138 e. The lowest BCUT2D eigenvalue weighted by atomic mass is 10.3. The molecule has 0 heterocycles. The topological polar surface area (TPSA) is 49.8 Å². The van der Waals surface area contributed by atoms with Crippen LogP contribution >= 0.6 is 23.4 Å². The molecule has 0 saturated heterocycles. The van der Waals surface area contributed by atoms with Gasteiger partial charge in [0.1, 0.15) is 5.40 Å². The van der Waals surface area contributed by atoms with Gasteiger partial charge in [0.15, 0.2) is 0 Å². The summed E-state index contributed by atoms with van der Waals surface area (Å²) in [7, 11) is 0. The first-order valence-electron chi connectivity index (χ1n) is 2.85. The Balaban J connectivity index is 3.05. The Hall–Kier alpha value is -0.850. The van der Waals surface area contributed by atoms with Crippen LogP contribution in [0, 0.1) is 10.7 Å². The van der Waals surface area contributed by atoms with Gasteiger partial charge in [0.25, 0.3) is 0 Å². The van der Waals surface area contributed by atoms with E-state index in [9.17, 15) is 0 Å². The van der Waals surface area contributed by atoms with E-state index >= 15 is 0 Å². The van der Waals surface area contributed by atoms with E-state index in [0.29, 0.717) is 15.6 Å². The van der Waals surface area contributed by atoms with E-state index in [1.165, 1.54) is 0 Å². The molecule has 0 aromatic heterocycles. The van der Waals surface area contributed by atoms with E-state index < -0.39 is 0 Å². The summed E-state index contributed by atoms with van der Waals surface area (Å²) in [6.45, 7) is 0. The maximum Gasteiger partial charge on any atom is 0.138 e. The lowest BCUT2D eigenvalue weighted by Crippen LogP contribution is -1.86. The van der Waals surface area contributed by atoms with Crippen molar-refractivity contribution in [3.05, 3.63) is 23.2 Å². The summed E-state index contributed by atoms with van der Waals surface area (Å²) in [5.41, 5.74) is 6.13. The Labute approximate surface area is 74.0 Å². The Kier molecular flexibility index (Phi) is 2.64. The van der Waals surface area contributed by atoms with Gasteiger partial charge >= 0.3 is 0 Å². The minimum atomic E-state index is 0.584. The number of benzene rings is 1. The predicted octanol–water partition coefficient (Wildman–Crippen LogP) is 2.50. The van der Waals surface area contributed by atoms with E-state index in [2.05, 4.69) is 0 Å². The highest BCUT2D eigenvalue weighted by Crippen LogP contribution is 2.26. The van der Waals surface area contributed by atoms with Crippen molar-refractivity contribution in [3.63, 3.8) is 0 Å². The molecule has 4 heteroatoms. The van der Waals surface area contributed by atoms with Crippen LogP contribution < -0.4 is 5.73 Å². The van der Waals surface area contributed by atoms with Crippen molar-refractivity contribution in [3.8, 4) is 5.40 Å². The monoisotopic (exact) mass is 184 g/mol. The molecule has 0 spiro atoms. The number of nitrogens with two attached hydrogens (primary N) is 1. The van der Waals surface area contributed by atoms with Crippen LogP contribution in [0.15, 0.2) is 23.1 Å². The Morgan fingerprint density at radius 2 is 2.27 bits per heavy atom. The Morgan fingerprint density at radius 3 is 2.91 bits per heavy atom. The lowest BCUT2D eigenvalue weighted by molar-refractivity contribution is 1.47. The van der Waals surface area contributed by atoms with Gasteiger partial charge in [0, 0.05) is 15.6 Å². The summed E-state index contributed by atoms with van der Waals surface area (Å²) >= 11 is 6.69. The number of anilines is 1. The third-order valence-electron chi connectivity index (χ3n) is 1.13. The highest BCUT2D eigenvalue weighted by molar-refractivity contribution is 8.03. The van der Waals surface area contributed by atoms with Crippen molar-refractivity contribution in [1.82, 2.24) is 0 Å². The molecule has 2 N–H and O–H groups in total. The number of nitrogens with zero attached hydrogens (tertiary/aromatic N) is 1. The van der Waals surface area contributed by atoms with Crippen molar-refractivity contribution < 1.29 is 0 Å². The Morgan fingerprint density at radius 1 is 1.55 bits per heavy atom. The van der Waals surface area contributed by atoms with E-state index in [1.54, 1.807) is 18.2 Å². The standard InChI is InChI=1S/C7H5ClN2S/c8-5-1-2-6(10)7(3-5)11-4-9/h1-3H,10H2. The Bertz CT molecular complexity index is 306. The van der Waals surface area contributed by atoms with Gasteiger partial charge in [-0.1, -0.05) is 11.6 Å². The minimum Gasteiger partial charge on any atom is -0.398 e. The number of thiocyanates is 1. The molecular formula is C7H5ClN2S. The third kappa shape index (κ3) is 2.04. The largest absolute Gasteiger partial charge is 0.398 e. The van der Waals surface area contributed by atoms with Gasteiger partial charge in [-0.25, -0.2) is 0 Å². The van der Waals surface area contributed by atoms with Crippen molar-refractivity contribution in [1.29, 1.82) is 5.26 Å². The molecule has 1 aromatic rings. The average molecular weight is 185 g/mol. The molecule has 1 aromatic carbocycles. The summed E-state index contributed by atoms with van der Waals surface area (Å²) in [6.07, 6.45) is 0. The van der Waals surface area contributed by atoms with Crippen LogP contribution in [0.5, 0.6) is 0 Å². The maximum atomic E-state index is 8.35. The summed E-state index contributed by atoms with van der Waals surface area (Å²) in [6, 6.07) is 5.05. The molecule has 0 radical (unpaired) electrons. The summed E-state index contributed by atoms with van der Waals surface area (Å²) in [4.78, 5) is 0.708. The van der Waals surface area contributed by atoms with Crippen molar-refractivity contribution in [2.75, 3.05) is 5.73 Å². The zero-order chi connectivity index (χ0) is 8.27. The number of nitriles is 1. The van der Waals surface area contributed by atoms with Crippen molar-refractivity contribution >= 4 is 29.1 Å². The molecule has 0 amide bonds. The first kappa shape index (κ1) is 8.25. The molecule has 0 fully saturated rings. The molecule has 1 rings (SSSR count). The van der Waals surface area contributed by atoms with Crippen LogP contribution in [-0.4, -0.2) is 0 Å². The van der Waals surface area contributed by atoms with Crippen molar-refractivity contribution in [2.24, 2.45) is 0 Å². The van der Waals surface area contributed by atoms with E-state index in [1.807, 2.05) is 5.40 Å². The summed E-state index contributed by atoms with van der Waals surface area (Å²) in [5.74, 6) is 0. The fourth-order valence-electron chi connectivity index (χ4n) is 0.646. The molecule has 0 aliphatic heterocycles. The van der Waals surface area contributed by atoms with Crippen molar-refractivity contribution in [2.45, 2.75) is 4.90 Å². The second-order valence-electron chi connectivity index (χ2n) is 1.88. The number of halogens is 1. The molecular weight excluding hydrogens is 180 g/mol. The van der Waals surface area contributed by atoms with Gasteiger partial charge in [-0.3, -0.25) is 0 Å². The number of hydrogen-bond acceptors (Lipinski definition) is 3. The lowest BCUT2D eigenvalue weighted by Gasteiger charge is -1.98. The van der Waals surface area contributed by atoms with Gasteiger partial charge in [-0.15, -0.1) is 0 Å². The van der Waals surface area contributed by atoms with E-state index in [-0.39, 0.29) is 0 Å². The fraction of sp³-hybridized carbons (Fsp3) is 0. The third-order valence-corrected chi connectivity index (χ3v) is 2.03. The highest BCUT2D eigenvalue weighted by Gasteiger charge is 1.99. The van der Waals surface area contributed by atoms with Gasteiger partial charge in [-0.2, -0.15) is 5.26 Å². The molecule has 0 bridgehead atoms. The van der Waals surface area contributed by atoms with Gasteiger partial charge in [0.05, 0.1) is 0 Å². The van der Waals surface area contributed by atoms with E-state index in [0.717, 1.165) is 11.8 Å². The second-order valence-corrected chi connectivity index (χ2v) is 3.14.